The van der Waals surface area contributed by atoms with Crippen LogP contribution in [0.5, 0.6) is 5.75 Å². The third kappa shape index (κ3) is 4.14. The molecule has 1 aromatic heterocycles. The fourth-order valence-electron chi connectivity index (χ4n) is 2.78. The summed E-state index contributed by atoms with van der Waals surface area (Å²) in [5.41, 5.74) is 4.76. The third-order valence-electron chi connectivity index (χ3n) is 4.08. The van der Waals surface area contributed by atoms with Crippen LogP contribution in [0.25, 0.3) is 10.9 Å². The lowest BCUT2D eigenvalue weighted by atomic mass is 10.2. The summed E-state index contributed by atoms with van der Waals surface area (Å²) in [5.74, 6) is -0.361. The number of hydrazone groups is 1. The Kier molecular flexibility index (Phi) is 5.51. The maximum Gasteiger partial charge on any atom is 0.259 e. The number of nitrogens with zero attached hydrogens (tertiary/aromatic N) is 2. The van der Waals surface area contributed by atoms with Crippen LogP contribution in [0.1, 0.15) is 15.9 Å². The van der Waals surface area contributed by atoms with E-state index >= 15 is 0 Å². The summed E-state index contributed by atoms with van der Waals surface area (Å²) < 4.78 is 7.13. The van der Waals surface area contributed by atoms with Crippen molar-refractivity contribution in [1.82, 2.24) is 15.3 Å². The topological polar surface area (TPSA) is 84.7 Å². The summed E-state index contributed by atoms with van der Waals surface area (Å²) in [5, 5.41) is 7.57. The lowest BCUT2D eigenvalue weighted by molar-refractivity contribution is -0.120. The van der Waals surface area contributed by atoms with Crippen molar-refractivity contribution in [2.75, 3.05) is 13.7 Å². The number of amides is 2. The number of aromatic nitrogens is 1. The number of carbonyl (C=O) groups is 2. The molecule has 0 aliphatic rings. The number of hydrogen-bond acceptors (Lipinski definition) is 4. The zero-order valence-corrected chi connectivity index (χ0v) is 15.1. The fraction of sp³-hybridized carbons (Fsp3) is 0.150. The fourth-order valence-corrected chi connectivity index (χ4v) is 2.78. The molecule has 7 heteroatoms. The molecule has 3 rings (SSSR count). The molecule has 138 valence electrons. The van der Waals surface area contributed by atoms with Crippen molar-refractivity contribution in [3.8, 4) is 5.75 Å². The van der Waals surface area contributed by atoms with Crippen molar-refractivity contribution in [2.45, 2.75) is 0 Å². The van der Waals surface area contributed by atoms with Crippen molar-refractivity contribution >= 4 is 28.9 Å². The molecular formula is C20H20N4O3. The van der Waals surface area contributed by atoms with Crippen molar-refractivity contribution in [3.05, 3.63) is 65.9 Å². The Bertz CT molecular complexity index is 1010. The Hall–Kier alpha value is -3.61. The Morgan fingerprint density at radius 2 is 1.89 bits per heavy atom. The van der Waals surface area contributed by atoms with Crippen molar-refractivity contribution in [3.63, 3.8) is 0 Å². The summed E-state index contributed by atoms with van der Waals surface area (Å²) >= 11 is 0. The van der Waals surface area contributed by atoms with Gasteiger partial charge in [0.25, 0.3) is 11.8 Å². The Morgan fingerprint density at radius 1 is 1.15 bits per heavy atom. The first-order valence-corrected chi connectivity index (χ1v) is 8.37. The van der Waals surface area contributed by atoms with Gasteiger partial charge in [-0.2, -0.15) is 5.10 Å². The zero-order valence-electron chi connectivity index (χ0n) is 15.1. The highest BCUT2D eigenvalue weighted by molar-refractivity contribution is 6.00. The molecule has 2 N–H and O–H groups in total. The Morgan fingerprint density at radius 3 is 2.70 bits per heavy atom. The van der Waals surface area contributed by atoms with Crippen LogP contribution in [0.4, 0.5) is 0 Å². The molecule has 3 aromatic rings. The highest BCUT2D eigenvalue weighted by atomic mass is 16.5. The first-order chi connectivity index (χ1) is 13.1. The van der Waals surface area contributed by atoms with Gasteiger partial charge in [0.05, 0.1) is 25.4 Å². The maximum absolute atomic E-state index is 12.2. The third-order valence-corrected chi connectivity index (χ3v) is 4.08. The standard InChI is InChI=1S/C20H20N4O3/c1-24-13-14(15-7-3-5-9-17(15)24)11-22-23-19(25)12-21-20(26)16-8-4-6-10-18(16)27-2/h3-11,13H,12H2,1-2H3,(H,21,26)(H,23,25)/b22-11-. The van der Waals surface area contributed by atoms with Gasteiger partial charge in [0.1, 0.15) is 5.75 Å². The monoisotopic (exact) mass is 364 g/mol. The second-order valence-electron chi connectivity index (χ2n) is 5.89. The molecule has 7 nitrogen and oxygen atoms in total. The summed E-state index contributed by atoms with van der Waals surface area (Å²) in [6, 6.07) is 14.7. The molecule has 0 aliphatic carbocycles. The quantitative estimate of drug-likeness (QED) is 0.519. The number of hydrogen-bond donors (Lipinski definition) is 2. The molecule has 0 aliphatic heterocycles. The molecule has 0 bridgehead atoms. The lowest BCUT2D eigenvalue weighted by Gasteiger charge is -2.08. The average molecular weight is 364 g/mol. The van der Waals surface area contributed by atoms with E-state index in [0.29, 0.717) is 11.3 Å². The SMILES string of the molecule is COc1ccccc1C(=O)NCC(=O)N/N=C\c1cn(C)c2ccccc12. The van der Waals surface area contributed by atoms with Gasteiger partial charge in [-0.3, -0.25) is 9.59 Å². The number of benzene rings is 2. The number of nitrogens with one attached hydrogen (secondary N) is 2. The minimum atomic E-state index is -0.422. The predicted molar refractivity (Wildman–Crippen MR) is 104 cm³/mol. The van der Waals surface area contributed by atoms with Gasteiger partial charge >= 0.3 is 0 Å². The van der Waals surface area contributed by atoms with Gasteiger partial charge in [-0.1, -0.05) is 30.3 Å². The van der Waals surface area contributed by atoms with Crippen LogP contribution in [-0.4, -0.2) is 36.3 Å². The molecule has 0 unspecified atom stereocenters. The normalized spacial score (nSPS) is 10.9. The molecule has 27 heavy (non-hydrogen) atoms. The summed E-state index contributed by atoms with van der Waals surface area (Å²) in [7, 11) is 3.44. The van der Waals surface area contributed by atoms with Crippen LogP contribution in [0.3, 0.4) is 0 Å². The minimum absolute atomic E-state index is 0.191. The molecule has 0 radical (unpaired) electrons. The number of ether oxygens (including phenoxy) is 1. The average Bonchev–Trinajstić information content (AvgIpc) is 3.02. The smallest absolute Gasteiger partial charge is 0.259 e. The van der Waals surface area contributed by atoms with Gasteiger partial charge in [0.15, 0.2) is 0 Å². The van der Waals surface area contributed by atoms with E-state index in [1.807, 2.05) is 42.1 Å². The number of fused-ring (bicyclic) bond motifs is 1. The summed E-state index contributed by atoms with van der Waals surface area (Å²) in [6.07, 6.45) is 3.52. The van der Waals surface area contributed by atoms with Crippen LogP contribution >= 0.6 is 0 Å². The Labute approximate surface area is 156 Å². The van der Waals surface area contributed by atoms with E-state index in [0.717, 1.165) is 16.5 Å². The molecular weight excluding hydrogens is 344 g/mol. The second-order valence-corrected chi connectivity index (χ2v) is 5.89. The zero-order chi connectivity index (χ0) is 19.2. The van der Waals surface area contributed by atoms with E-state index in [1.165, 1.54) is 7.11 Å². The lowest BCUT2D eigenvalue weighted by Crippen LogP contribution is -2.35. The van der Waals surface area contributed by atoms with E-state index in [1.54, 1.807) is 30.5 Å². The minimum Gasteiger partial charge on any atom is -0.496 e. The largest absolute Gasteiger partial charge is 0.496 e. The number of para-hydroxylation sites is 2. The first kappa shape index (κ1) is 18.2. The van der Waals surface area contributed by atoms with Crippen LogP contribution in [0.2, 0.25) is 0 Å². The van der Waals surface area contributed by atoms with Gasteiger partial charge in [0.2, 0.25) is 0 Å². The number of rotatable bonds is 6. The van der Waals surface area contributed by atoms with Crippen LogP contribution in [0, 0.1) is 0 Å². The van der Waals surface area contributed by atoms with Crippen molar-refractivity contribution in [1.29, 1.82) is 0 Å². The maximum atomic E-state index is 12.2. The van der Waals surface area contributed by atoms with Gasteiger partial charge in [-0.15, -0.1) is 0 Å². The van der Waals surface area contributed by atoms with Crippen LogP contribution < -0.4 is 15.5 Å². The van der Waals surface area contributed by atoms with Gasteiger partial charge in [-0.25, -0.2) is 5.43 Å². The highest BCUT2D eigenvalue weighted by Gasteiger charge is 2.12. The van der Waals surface area contributed by atoms with E-state index in [2.05, 4.69) is 15.8 Å². The molecule has 0 saturated heterocycles. The summed E-state index contributed by atoms with van der Waals surface area (Å²) in [4.78, 5) is 24.1. The molecule has 0 saturated carbocycles. The van der Waals surface area contributed by atoms with Crippen LogP contribution in [-0.2, 0) is 11.8 Å². The molecule has 2 amide bonds. The number of methoxy groups -OCH3 is 1. The number of carbonyl (C=O) groups excluding carboxylic acids is 2. The molecule has 1 heterocycles. The first-order valence-electron chi connectivity index (χ1n) is 8.37. The Balaban J connectivity index is 1.56. The highest BCUT2D eigenvalue weighted by Crippen LogP contribution is 2.18. The molecule has 0 spiro atoms. The van der Waals surface area contributed by atoms with E-state index in [9.17, 15) is 9.59 Å². The van der Waals surface area contributed by atoms with E-state index in [4.69, 9.17) is 4.74 Å². The number of aryl methyl sites for hydroxylation is 1. The van der Waals surface area contributed by atoms with Crippen molar-refractivity contribution in [2.24, 2.45) is 12.1 Å². The van der Waals surface area contributed by atoms with Crippen LogP contribution in [0.15, 0.2) is 59.8 Å². The van der Waals surface area contributed by atoms with E-state index < -0.39 is 5.91 Å². The van der Waals surface area contributed by atoms with Crippen molar-refractivity contribution < 1.29 is 14.3 Å². The molecule has 0 fully saturated rings. The second kappa shape index (κ2) is 8.18. The van der Waals surface area contributed by atoms with Gasteiger partial charge in [-0.05, 0) is 18.2 Å². The molecule has 0 atom stereocenters. The predicted octanol–water partition coefficient (Wildman–Crippen LogP) is 2.07. The summed E-state index contributed by atoms with van der Waals surface area (Å²) in [6.45, 7) is -0.191. The van der Waals surface area contributed by atoms with E-state index in [-0.39, 0.29) is 12.5 Å². The molecule has 2 aromatic carbocycles. The van der Waals surface area contributed by atoms with Gasteiger partial charge in [0, 0.05) is 29.7 Å². The van der Waals surface area contributed by atoms with Gasteiger partial charge < -0.3 is 14.6 Å².